The zero-order valence-corrected chi connectivity index (χ0v) is 12.3. The topological polar surface area (TPSA) is 48.7 Å². The Morgan fingerprint density at radius 1 is 1.00 bits per heavy atom. The van der Waals surface area contributed by atoms with Gasteiger partial charge in [-0.2, -0.15) is 0 Å². The molecule has 0 bridgehead atoms. The van der Waals surface area contributed by atoms with Crippen LogP contribution in [0.3, 0.4) is 0 Å². The normalized spacial score (nSPS) is 19.5. The highest BCUT2D eigenvalue weighted by Crippen LogP contribution is 2.47. The van der Waals surface area contributed by atoms with Crippen LogP contribution in [-0.2, 0) is 5.79 Å². The van der Waals surface area contributed by atoms with Gasteiger partial charge in [0.05, 0.1) is 0 Å². The minimum absolute atomic E-state index is 0.393. The summed E-state index contributed by atoms with van der Waals surface area (Å²) in [5, 5.41) is 0.847. The molecular weight excluding hydrogens is 280 g/mol. The standard InChI is InChI=1S/C18H14O4/c1-11-10-15(19)20-16-13(11)8-9-14-17(16)22-18(2,21-14)12-6-4-3-5-7-12/h3-10H,1-2H3. The highest BCUT2D eigenvalue weighted by atomic mass is 16.7. The lowest BCUT2D eigenvalue weighted by atomic mass is 10.1. The summed E-state index contributed by atoms with van der Waals surface area (Å²) >= 11 is 0. The Morgan fingerprint density at radius 2 is 1.77 bits per heavy atom. The largest absolute Gasteiger partial charge is 0.444 e. The van der Waals surface area contributed by atoms with Crippen LogP contribution in [0.1, 0.15) is 18.1 Å². The van der Waals surface area contributed by atoms with Crippen molar-refractivity contribution >= 4 is 11.0 Å². The molecule has 4 rings (SSSR count). The van der Waals surface area contributed by atoms with Gasteiger partial charge in [-0.05, 0) is 24.6 Å². The van der Waals surface area contributed by atoms with Crippen molar-refractivity contribution in [2.45, 2.75) is 19.6 Å². The maximum absolute atomic E-state index is 11.7. The Balaban J connectivity index is 1.91. The van der Waals surface area contributed by atoms with E-state index in [0.29, 0.717) is 17.1 Å². The number of hydrogen-bond donors (Lipinski definition) is 0. The molecule has 22 heavy (non-hydrogen) atoms. The summed E-state index contributed by atoms with van der Waals surface area (Å²) in [6.45, 7) is 3.72. The van der Waals surface area contributed by atoms with Gasteiger partial charge in [0.15, 0.2) is 11.3 Å². The SMILES string of the molecule is Cc1cc(=O)oc2c3c(ccc12)OC(C)(c1ccccc1)O3. The van der Waals surface area contributed by atoms with Gasteiger partial charge in [0.1, 0.15) is 0 Å². The van der Waals surface area contributed by atoms with Crippen LogP contribution in [0.25, 0.3) is 11.0 Å². The Morgan fingerprint density at radius 3 is 2.55 bits per heavy atom. The van der Waals surface area contributed by atoms with Crippen LogP contribution in [0.2, 0.25) is 0 Å². The highest BCUT2D eigenvalue weighted by Gasteiger charge is 2.40. The highest BCUT2D eigenvalue weighted by molar-refractivity contribution is 5.88. The van der Waals surface area contributed by atoms with E-state index in [9.17, 15) is 4.79 Å². The fourth-order valence-corrected chi connectivity index (χ4v) is 2.80. The van der Waals surface area contributed by atoms with Gasteiger partial charge in [-0.15, -0.1) is 0 Å². The Labute approximate surface area is 126 Å². The second-order valence-corrected chi connectivity index (χ2v) is 5.53. The van der Waals surface area contributed by atoms with Crippen molar-refractivity contribution in [1.82, 2.24) is 0 Å². The Hall–Kier alpha value is -2.75. The van der Waals surface area contributed by atoms with E-state index in [1.165, 1.54) is 6.07 Å². The fraction of sp³-hybridized carbons (Fsp3) is 0.167. The lowest BCUT2D eigenvalue weighted by Crippen LogP contribution is -2.31. The van der Waals surface area contributed by atoms with Crippen LogP contribution < -0.4 is 15.1 Å². The summed E-state index contributed by atoms with van der Waals surface area (Å²) < 4.78 is 17.4. The van der Waals surface area contributed by atoms with Crippen molar-refractivity contribution in [3.8, 4) is 11.5 Å². The molecule has 1 unspecified atom stereocenters. The monoisotopic (exact) mass is 294 g/mol. The third-order valence-corrected chi connectivity index (χ3v) is 3.94. The molecule has 0 fully saturated rings. The molecule has 0 saturated heterocycles. The van der Waals surface area contributed by atoms with Crippen LogP contribution in [0.5, 0.6) is 11.5 Å². The van der Waals surface area contributed by atoms with E-state index in [1.807, 2.05) is 56.3 Å². The van der Waals surface area contributed by atoms with Gasteiger partial charge in [-0.25, -0.2) is 4.79 Å². The van der Waals surface area contributed by atoms with Gasteiger partial charge >= 0.3 is 5.63 Å². The summed E-state index contributed by atoms with van der Waals surface area (Å²) in [4.78, 5) is 11.7. The van der Waals surface area contributed by atoms with Gasteiger partial charge in [-0.1, -0.05) is 30.3 Å². The van der Waals surface area contributed by atoms with Crippen LogP contribution in [0, 0.1) is 6.92 Å². The number of aryl methyl sites for hydroxylation is 1. The summed E-state index contributed by atoms with van der Waals surface area (Å²) in [5.41, 5.74) is 1.79. The minimum atomic E-state index is -0.930. The van der Waals surface area contributed by atoms with Crippen molar-refractivity contribution in [3.05, 3.63) is 70.1 Å². The molecule has 4 nitrogen and oxygen atoms in total. The van der Waals surface area contributed by atoms with Gasteiger partial charge in [0, 0.05) is 23.9 Å². The van der Waals surface area contributed by atoms with E-state index in [2.05, 4.69) is 0 Å². The quantitative estimate of drug-likeness (QED) is 0.641. The first kappa shape index (κ1) is 13.0. The predicted octanol–water partition coefficient (Wildman–Crippen LogP) is 3.75. The first-order valence-electron chi connectivity index (χ1n) is 7.08. The van der Waals surface area contributed by atoms with E-state index in [1.54, 1.807) is 0 Å². The Kier molecular flexibility index (Phi) is 2.57. The predicted molar refractivity (Wildman–Crippen MR) is 82.3 cm³/mol. The van der Waals surface area contributed by atoms with Crippen molar-refractivity contribution in [2.24, 2.45) is 0 Å². The first-order chi connectivity index (χ1) is 10.6. The summed E-state index contributed by atoms with van der Waals surface area (Å²) in [5.74, 6) is 0.123. The number of hydrogen-bond acceptors (Lipinski definition) is 4. The summed E-state index contributed by atoms with van der Waals surface area (Å²) in [7, 11) is 0. The van der Waals surface area contributed by atoms with Crippen LogP contribution in [-0.4, -0.2) is 0 Å². The molecule has 1 aliphatic heterocycles. The van der Waals surface area contributed by atoms with Gasteiger partial charge < -0.3 is 13.9 Å². The molecule has 0 amide bonds. The van der Waals surface area contributed by atoms with Crippen molar-refractivity contribution in [3.63, 3.8) is 0 Å². The van der Waals surface area contributed by atoms with Crippen molar-refractivity contribution in [2.75, 3.05) is 0 Å². The maximum Gasteiger partial charge on any atom is 0.336 e. The van der Waals surface area contributed by atoms with E-state index in [4.69, 9.17) is 13.9 Å². The molecule has 0 aliphatic carbocycles. The van der Waals surface area contributed by atoms with E-state index in [0.717, 1.165) is 16.5 Å². The zero-order chi connectivity index (χ0) is 15.3. The van der Waals surface area contributed by atoms with Crippen molar-refractivity contribution < 1.29 is 13.9 Å². The number of fused-ring (bicyclic) bond motifs is 3. The lowest BCUT2D eigenvalue weighted by molar-refractivity contribution is -0.0678. The second-order valence-electron chi connectivity index (χ2n) is 5.53. The fourth-order valence-electron chi connectivity index (χ4n) is 2.80. The third kappa shape index (κ3) is 1.80. The number of ether oxygens (including phenoxy) is 2. The zero-order valence-electron chi connectivity index (χ0n) is 12.3. The van der Waals surface area contributed by atoms with Gasteiger partial charge in [0.2, 0.25) is 5.75 Å². The molecule has 1 aliphatic rings. The lowest BCUT2D eigenvalue weighted by Gasteiger charge is -2.23. The van der Waals surface area contributed by atoms with Crippen LogP contribution >= 0.6 is 0 Å². The van der Waals surface area contributed by atoms with Gasteiger partial charge in [-0.3, -0.25) is 0 Å². The molecule has 2 aromatic carbocycles. The van der Waals surface area contributed by atoms with Gasteiger partial charge in [0.25, 0.3) is 5.79 Å². The Bertz CT molecular complexity index is 927. The maximum atomic E-state index is 11.7. The minimum Gasteiger partial charge on any atom is -0.444 e. The summed E-state index contributed by atoms with van der Waals surface area (Å²) in [6, 6.07) is 14.9. The van der Waals surface area contributed by atoms with E-state index in [-0.39, 0.29) is 0 Å². The average Bonchev–Trinajstić information content (AvgIpc) is 2.86. The number of benzene rings is 2. The van der Waals surface area contributed by atoms with Crippen molar-refractivity contribution in [1.29, 1.82) is 0 Å². The smallest absolute Gasteiger partial charge is 0.336 e. The molecule has 1 atom stereocenters. The molecule has 0 saturated carbocycles. The molecule has 0 N–H and O–H groups in total. The third-order valence-electron chi connectivity index (χ3n) is 3.94. The molecule has 1 aromatic heterocycles. The molecule has 0 spiro atoms. The van der Waals surface area contributed by atoms with E-state index < -0.39 is 11.4 Å². The second kappa shape index (κ2) is 4.37. The van der Waals surface area contributed by atoms with Crippen LogP contribution in [0.4, 0.5) is 0 Å². The molecule has 3 aromatic rings. The molecule has 0 radical (unpaired) electrons. The molecule has 4 heteroatoms. The summed E-state index contributed by atoms with van der Waals surface area (Å²) in [6.07, 6.45) is 0. The number of rotatable bonds is 1. The molecular formula is C18H14O4. The average molecular weight is 294 g/mol. The molecule has 2 heterocycles. The molecule has 110 valence electrons. The van der Waals surface area contributed by atoms with Crippen LogP contribution in [0.15, 0.2) is 57.7 Å². The van der Waals surface area contributed by atoms with E-state index >= 15 is 0 Å². The first-order valence-corrected chi connectivity index (χ1v) is 7.08.